The molecule has 4 rings (SSSR count). The van der Waals surface area contributed by atoms with Crippen molar-refractivity contribution in [3.8, 4) is 0 Å². The van der Waals surface area contributed by atoms with Crippen molar-refractivity contribution in [2.24, 2.45) is 20.7 Å². The average molecular weight is 336 g/mol. The van der Waals surface area contributed by atoms with Crippen LogP contribution in [0.25, 0.3) is 0 Å². The minimum Gasteiger partial charge on any atom is -0.393 e. The summed E-state index contributed by atoms with van der Waals surface area (Å²) in [5.41, 5.74) is 4.99. The number of rotatable bonds is 4. The third-order valence-electron chi connectivity index (χ3n) is 5.23. The molecule has 24 heavy (non-hydrogen) atoms. The van der Waals surface area contributed by atoms with Gasteiger partial charge in [0.2, 0.25) is 0 Å². The van der Waals surface area contributed by atoms with E-state index in [-0.39, 0.29) is 18.8 Å². The lowest BCUT2D eigenvalue weighted by atomic mass is 9.95. The number of ether oxygens (including phenoxy) is 1. The predicted molar refractivity (Wildman–Crippen MR) is 88.7 cm³/mol. The maximum absolute atomic E-state index is 10.3. The number of nitrogens with one attached hydrogen (secondary N) is 1. The van der Waals surface area contributed by atoms with Crippen LogP contribution in [0, 0.1) is 0 Å². The summed E-state index contributed by atoms with van der Waals surface area (Å²) < 4.78 is 6.02. The lowest BCUT2D eigenvalue weighted by Crippen LogP contribution is -2.55. The normalized spacial score (nSPS) is 43.0. The van der Waals surface area contributed by atoms with Crippen LogP contribution in [0.2, 0.25) is 0 Å². The van der Waals surface area contributed by atoms with Crippen molar-refractivity contribution in [2.75, 3.05) is 6.61 Å². The van der Waals surface area contributed by atoms with Gasteiger partial charge in [-0.3, -0.25) is 9.98 Å². The first-order chi connectivity index (χ1) is 11.6. The zero-order chi connectivity index (χ0) is 16.9. The summed E-state index contributed by atoms with van der Waals surface area (Å²) in [6.07, 6.45) is 3.36. The standard InChI is InChI=1S/C15H24N6O3/c1-2-15(6-22)9(23)5-10(24-15)21-7-17-11-12(18-8-3-4-8)19-14(16)20-13(11)21/h7-11,13,22-23H,2-6H2,1H3,(H3,16,18,19,20)/t9-,10+,11?,13?,15+/m0/s1. The SMILES string of the molecule is CC[C@]1(CO)O[C@@H](N2C=NC3C(=NC4CC4)NC(N)=NC32)C[C@@H]1O. The summed E-state index contributed by atoms with van der Waals surface area (Å²) in [5, 5.41) is 23.0. The number of hydrogen-bond donors (Lipinski definition) is 4. The number of hydrogen-bond acceptors (Lipinski definition) is 8. The second kappa shape index (κ2) is 5.68. The molecule has 1 aliphatic carbocycles. The van der Waals surface area contributed by atoms with Crippen molar-refractivity contribution in [1.29, 1.82) is 0 Å². The van der Waals surface area contributed by atoms with E-state index >= 15 is 0 Å². The Morgan fingerprint density at radius 1 is 1.54 bits per heavy atom. The molecule has 5 N–H and O–H groups in total. The summed E-state index contributed by atoms with van der Waals surface area (Å²) >= 11 is 0. The largest absolute Gasteiger partial charge is 0.393 e. The van der Waals surface area contributed by atoms with E-state index in [2.05, 4.69) is 20.3 Å². The summed E-state index contributed by atoms with van der Waals surface area (Å²) in [7, 11) is 0. The van der Waals surface area contributed by atoms with Crippen LogP contribution in [-0.4, -0.2) is 76.0 Å². The van der Waals surface area contributed by atoms with Gasteiger partial charge in [0.25, 0.3) is 0 Å². The van der Waals surface area contributed by atoms with E-state index in [0.717, 1.165) is 18.7 Å². The quantitative estimate of drug-likeness (QED) is 0.508. The summed E-state index contributed by atoms with van der Waals surface area (Å²) in [5.74, 6) is 1.06. The molecular weight excluding hydrogens is 312 g/mol. The molecule has 0 bridgehead atoms. The van der Waals surface area contributed by atoms with Gasteiger partial charge in [0, 0.05) is 6.42 Å². The second-order valence-corrected chi connectivity index (χ2v) is 6.86. The van der Waals surface area contributed by atoms with Crippen molar-refractivity contribution < 1.29 is 14.9 Å². The molecule has 132 valence electrons. The number of nitrogens with two attached hydrogens (primary N) is 1. The molecule has 3 heterocycles. The Morgan fingerprint density at radius 3 is 2.96 bits per heavy atom. The predicted octanol–water partition coefficient (Wildman–Crippen LogP) is -1.25. The molecule has 1 saturated carbocycles. The van der Waals surface area contributed by atoms with Crippen LogP contribution in [0.4, 0.5) is 0 Å². The first-order valence-corrected chi connectivity index (χ1v) is 8.52. The van der Waals surface area contributed by atoms with Gasteiger partial charge in [0.15, 0.2) is 12.1 Å². The van der Waals surface area contributed by atoms with Crippen LogP contribution in [-0.2, 0) is 4.74 Å². The Hall–Kier alpha value is -1.71. The third kappa shape index (κ3) is 2.47. The van der Waals surface area contributed by atoms with E-state index in [0.29, 0.717) is 24.8 Å². The maximum Gasteiger partial charge on any atom is 0.196 e. The Balaban J connectivity index is 1.56. The highest BCUT2D eigenvalue weighted by molar-refractivity contribution is 6.05. The molecular formula is C15H24N6O3. The molecule has 9 nitrogen and oxygen atoms in total. The average Bonchev–Trinajstić information content (AvgIpc) is 3.17. The van der Waals surface area contributed by atoms with Crippen molar-refractivity contribution in [3.05, 3.63) is 0 Å². The number of guanidine groups is 1. The Kier molecular flexibility index (Phi) is 3.74. The van der Waals surface area contributed by atoms with Gasteiger partial charge in [-0.05, 0) is 19.3 Å². The van der Waals surface area contributed by atoms with E-state index in [1.54, 1.807) is 6.34 Å². The van der Waals surface area contributed by atoms with Crippen molar-refractivity contribution >= 4 is 18.1 Å². The molecule has 0 radical (unpaired) electrons. The van der Waals surface area contributed by atoms with Gasteiger partial charge in [-0.25, -0.2) is 4.99 Å². The van der Waals surface area contributed by atoms with Crippen molar-refractivity contribution in [2.45, 2.75) is 68.8 Å². The number of nitrogens with zero attached hydrogens (tertiary/aromatic N) is 4. The summed E-state index contributed by atoms with van der Waals surface area (Å²) in [6.45, 7) is 1.67. The number of aliphatic hydroxyl groups excluding tert-OH is 2. The summed E-state index contributed by atoms with van der Waals surface area (Å²) in [4.78, 5) is 15.5. The molecule has 0 aromatic heterocycles. The van der Waals surface area contributed by atoms with Crippen molar-refractivity contribution in [1.82, 2.24) is 10.2 Å². The molecule has 0 spiro atoms. The third-order valence-corrected chi connectivity index (χ3v) is 5.23. The highest BCUT2D eigenvalue weighted by atomic mass is 16.6. The van der Waals surface area contributed by atoms with Crippen LogP contribution in [0.1, 0.15) is 32.6 Å². The lowest BCUT2D eigenvalue weighted by molar-refractivity contribution is -0.138. The topological polar surface area (TPSA) is 128 Å². The number of aliphatic hydroxyl groups is 2. The van der Waals surface area contributed by atoms with Crippen LogP contribution in [0.5, 0.6) is 0 Å². The zero-order valence-electron chi connectivity index (χ0n) is 13.7. The molecule has 9 heteroatoms. The monoisotopic (exact) mass is 336 g/mol. The molecule has 0 aromatic carbocycles. The van der Waals surface area contributed by atoms with E-state index in [9.17, 15) is 10.2 Å². The Morgan fingerprint density at radius 2 is 2.33 bits per heavy atom. The zero-order valence-corrected chi connectivity index (χ0v) is 13.7. The maximum atomic E-state index is 10.3. The smallest absolute Gasteiger partial charge is 0.196 e. The Bertz CT molecular complexity index is 598. The van der Waals surface area contributed by atoms with Gasteiger partial charge in [-0.2, -0.15) is 0 Å². The molecule has 4 aliphatic rings. The van der Waals surface area contributed by atoms with Gasteiger partial charge in [0.1, 0.15) is 23.7 Å². The molecule has 5 atom stereocenters. The van der Waals surface area contributed by atoms with E-state index in [4.69, 9.17) is 10.5 Å². The fourth-order valence-corrected chi connectivity index (χ4v) is 3.50. The highest BCUT2D eigenvalue weighted by Gasteiger charge is 2.51. The molecule has 3 aliphatic heterocycles. The van der Waals surface area contributed by atoms with Crippen LogP contribution < -0.4 is 11.1 Å². The van der Waals surface area contributed by atoms with Gasteiger partial charge in [-0.15, -0.1) is 0 Å². The van der Waals surface area contributed by atoms with E-state index in [1.807, 2.05) is 11.8 Å². The minimum absolute atomic E-state index is 0.221. The van der Waals surface area contributed by atoms with E-state index in [1.165, 1.54) is 0 Å². The second-order valence-electron chi connectivity index (χ2n) is 6.86. The number of fused-ring (bicyclic) bond motifs is 1. The number of amidine groups is 1. The Labute approximate surface area is 140 Å². The van der Waals surface area contributed by atoms with E-state index < -0.39 is 17.9 Å². The number of aliphatic imine (C=N–C) groups is 3. The first kappa shape index (κ1) is 15.8. The molecule has 2 fully saturated rings. The van der Waals surface area contributed by atoms with Gasteiger partial charge >= 0.3 is 0 Å². The molecule has 2 unspecified atom stereocenters. The molecule has 1 saturated heterocycles. The summed E-state index contributed by atoms with van der Waals surface area (Å²) in [6, 6.07) is 0.124. The van der Waals surface area contributed by atoms with Crippen molar-refractivity contribution in [3.63, 3.8) is 0 Å². The van der Waals surface area contributed by atoms with Crippen LogP contribution in [0.15, 0.2) is 15.0 Å². The highest BCUT2D eigenvalue weighted by Crippen LogP contribution is 2.37. The lowest BCUT2D eigenvalue weighted by Gasteiger charge is -2.34. The first-order valence-electron chi connectivity index (χ1n) is 8.52. The minimum atomic E-state index is -0.927. The molecule has 0 aromatic rings. The van der Waals surface area contributed by atoms with Gasteiger partial charge in [0.05, 0.1) is 25.1 Å². The van der Waals surface area contributed by atoms with Gasteiger partial charge in [-0.1, -0.05) is 6.92 Å². The van der Waals surface area contributed by atoms with Crippen LogP contribution in [0.3, 0.4) is 0 Å². The fraction of sp³-hybridized carbons (Fsp3) is 0.800. The fourth-order valence-electron chi connectivity index (χ4n) is 3.50. The van der Waals surface area contributed by atoms with Crippen LogP contribution >= 0.6 is 0 Å². The van der Waals surface area contributed by atoms with Gasteiger partial charge < -0.3 is 30.9 Å². The molecule has 0 amide bonds.